The van der Waals surface area contributed by atoms with Crippen LogP contribution in [0.15, 0.2) is 106 Å². The zero-order valence-electron chi connectivity index (χ0n) is 20.0. The van der Waals surface area contributed by atoms with Crippen LogP contribution >= 0.6 is 0 Å². The van der Waals surface area contributed by atoms with Crippen LogP contribution in [0.1, 0.15) is 24.8 Å². The molecule has 1 amide bonds. The number of pyridine rings is 1. The topological polar surface area (TPSA) is 92.4 Å². The summed E-state index contributed by atoms with van der Waals surface area (Å²) >= 11 is 0. The first-order valence-corrected chi connectivity index (χ1v) is 12.2. The molecule has 0 unspecified atom stereocenters. The number of rotatable bonds is 5. The maximum atomic E-state index is 14.0. The van der Waals surface area contributed by atoms with Gasteiger partial charge in [0.2, 0.25) is 5.43 Å². The molecule has 0 radical (unpaired) electrons. The normalized spacial score (nSPS) is 14.2. The van der Waals surface area contributed by atoms with Gasteiger partial charge in [0.1, 0.15) is 11.5 Å². The number of fused-ring (bicyclic) bond motifs is 1. The van der Waals surface area contributed by atoms with E-state index in [1.54, 1.807) is 12.3 Å². The van der Waals surface area contributed by atoms with Gasteiger partial charge >= 0.3 is 6.09 Å². The van der Waals surface area contributed by atoms with Gasteiger partial charge in [0.15, 0.2) is 5.58 Å². The van der Waals surface area contributed by atoms with E-state index in [0.29, 0.717) is 33.6 Å². The lowest BCUT2D eigenvalue weighted by Crippen LogP contribution is -2.50. The summed E-state index contributed by atoms with van der Waals surface area (Å²) in [4.78, 5) is 30.0. The first-order valence-electron chi connectivity index (χ1n) is 12.2. The van der Waals surface area contributed by atoms with Crippen molar-refractivity contribution in [3.63, 3.8) is 0 Å². The van der Waals surface area contributed by atoms with Gasteiger partial charge in [0.25, 0.3) is 0 Å². The van der Waals surface area contributed by atoms with E-state index in [0.717, 1.165) is 36.0 Å². The highest BCUT2D eigenvalue weighted by Crippen LogP contribution is 2.42. The Morgan fingerprint density at radius 3 is 2.08 bits per heavy atom. The molecule has 0 spiro atoms. The van der Waals surface area contributed by atoms with Crippen molar-refractivity contribution >= 4 is 17.1 Å². The molecule has 0 saturated heterocycles. The lowest BCUT2D eigenvalue weighted by atomic mass is 9.71. The molecule has 1 aliphatic rings. The highest BCUT2D eigenvalue weighted by molar-refractivity contribution is 5.95. The van der Waals surface area contributed by atoms with Crippen molar-refractivity contribution in [3.8, 4) is 33.7 Å². The summed E-state index contributed by atoms with van der Waals surface area (Å²) in [6, 6.07) is 28.5. The van der Waals surface area contributed by atoms with E-state index < -0.39 is 11.6 Å². The Hall–Kier alpha value is -4.71. The summed E-state index contributed by atoms with van der Waals surface area (Å²) in [5.74, 6) is 0.470. The summed E-state index contributed by atoms with van der Waals surface area (Å²) in [7, 11) is 0. The van der Waals surface area contributed by atoms with Crippen LogP contribution in [0, 0.1) is 0 Å². The summed E-state index contributed by atoms with van der Waals surface area (Å²) in [6.07, 6.45) is 3.07. The van der Waals surface area contributed by atoms with Crippen LogP contribution in [-0.2, 0) is 5.54 Å². The van der Waals surface area contributed by atoms with Crippen molar-refractivity contribution in [2.75, 3.05) is 0 Å². The molecular weight excluding hydrogens is 464 g/mol. The van der Waals surface area contributed by atoms with Crippen molar-refractivity contribution in [3.05, 3.63) is 113 Å². The van der Waals surface area contributed by atoms with Crippen molar-refractivity contribution in [2.24, 2.45) is 0 Å². The molecule has 2 N–H and O–H groups in total. The molecule has 37 heavy (non-hydrogen) atoms. The minimum atomic E-state index is -1.03. The zero-order chi connectivity index (χ0) is 25.4. The number of aromatic nitrogens is 1. The Bertz CT molecular complexity index is 1660. The van der Waals surface area contributed by atoms with Crippen molar-refractivity contribution in [2.45, 2.75) is 24.8 Å². The van der Waals surface area contributed by atoms with Gasteiger partial charge < -0.3 is 14.8 Å². The molecule has 6 rings (SSSR count). The van der Waals surface area contributed by atoms with E-state index in [-0.39, 0.29) is 5.43 Å². The number of nitrogens with zero attached hydrogens (tertiary/aromatic N) is 1. The fourth-order valence-electron chi connectivity index (χ4n) is 5.15. The van der Waals surface area contributed by atoms with E-state index in [1.807, 2.05) is 84.9 Å². The molecule has 2 aromatic heterocycles. The maximum absolute atomic E-state index is 14.0. The molecule has 2 heterocycles. The fraction of sp³-hybridized carbons (Fsp3) is 0.129. The minimum Gasteiger partial charge on any atom is -0.465 e. The smallest absolute Gasteiger partial charge is 0.405 e. The molecule has 6 heteroatoms. The number of carbonyl (C=O) groups is 1. The van der Waals surface area contributed by atoms with Crippen LogP contribution in [0.4, 0.5) is 4.79 Å². The standard InChI is InChI=1S/C31H24N2O4/c34-27-24-16-19-32-26(21-8-3-1-4-9-21)29(24)37-28(22-10-5-2-6-11-22)25(27)20-12-14-23(15-13-20)31(17-7-18-31)33-30(35)36/h1-6,8-16,19,33H,7,17-18H2,(H,35,36). The zero-order valence-corrected chi connectivity index (χ0v) is 20.0. The highest BCUT2D eigenvalue weighted by Gasteiger charge is 2.40. The first-order chi connectivity index (χ1) is 18.1. The van der Waals surface area contributed by atoms with Gasteiger partial charge in [-0.05, 0) is 36.5 Å². The van der Waals surface area contributed by atoms with E-state index in [4.69, 9.17) is 4.42 Å². The van der Waals surface area contributed by atoms with Gasteiger partial charge in [-0.15, -0.1) is 0 Å². The third kappa shape index (κ3) is 3.96. The lowest BCUT2D eigenvalue weighted by Gasteiger charge is -2.42. The van der Waals surface area contributed by atoms with Crippen LogP contribution in [0.3, 0.4) is 0 Å². The Morgan fingerprint density at radius 2 is 1.49 bits per heavy atom. The van der Waals surface area contributed by atoms with Crippen LogP contribution in [-0.4, -0.2) is 16.2 Å². The Morgan fingerprint density at radius 1 is 0.838 bits per heavy atom. The van der Waals surface area contributed by atoms with E-state index >= 15 is 0 Å². The maximum Gasteiger partial charge on any atom is 0.405 e. The molecule has 3 aromatic carbocycles. The van der Waals surface area contributed by atoms with Crippen molar-refractivity contribution in [1.29, 1.82) is 0 Å². The molecule has 182 valence electrons. The number of carboxylic acid groups (broad SMARTS) is 1. The molecular formula is C31H24N2O4. The van der Waals surface area contributed by atoms with Crippen LogP contribution in [0.2, 0.25) is 0 Å². The third-order valence-corrected chi connectivity index (χ3v) is 7.17. The van der Waals surface area contributed by atoms with E-state index in [9.17, 15) is 14.7 Å². The van der Waals surface area contributed by atoms with Gasteiger partial charge in [-0.1, -0.05) is 84.9 Å². The predicted molar refractivity (Wildman–Crippen MR) is 143 cm³/mol. The van der Waals surface area contributed by atoms with Crippen molar-refractivity contribution < 1.29 is 14.3 Å². The molecule has 1 aliphatic carbocycles. The minimum absolute atomic E-state index is 0.144. The monoisotopic (exact) mass is 488 g/mol. The average Bonchev–Trinajstić information content (AvgIpc) is 2.91. The molecule has 0 bridgehead atoms. The molecule has 0 atom stereocenters. The van der Waals surface area contributed by atoms with Gasteiger partial charge in [-0.2, -0.15) is 0 Å². The summed E-state index contributed by atoms with van der Waals surface area (Å²) in [5, 5.41) is 12.5. The second-order valence-corrected chi connectivity index (χ2v) is 9.35. The van der Waals surface area contributed by atoms with E-state index in [1.165, 1.54) is 0 Å². The molecule has 1 saturated carbocycles. The van der Waals surface area contributed by atoms with Gasteiger partial charge in [0, 0.05) is 17.3 Å². The molecule has 6 nitrogen and oxygen atoms in total. The lowest BCUT2D eigenvalue weighted by molar-refractivity contribution is 0.144. The second-order valence-electron chi connectivity index (χ2n) is 9.35. The van der Waals surface area contributed by atoms with Crippen LogP contribution in [0.25, 0.3) is 44.7 Å². The molecule has 5 aromatic rings. The summed E-state index contributed by atoms with van der Waals surface area (Å²) in [5.41, 5.74) is 4.05. The predicted octanol–water partition coefficient (Wildman–Crippen LogP) is 6.84. The quantitative estimate of drug-likeness (QED) is 0.283. The highest BCUT2D eigenvalue weighted by atomic mass is 16.4. The Balaban J connectivity index is 1.56. The summed E-state index contributed by atoms with van der Waals surface area (Å²) < 4.78 is 6.53. The number of hydrogen-bond donors (Lipinski definition) is 2. The third-order valence-electron chi connectivity index (χ3n) is 7.17. The molecule has 0 aliphatic heterocycles. The van der Waals surface area contributed by atoms with Gasteiger partial charge in [-0.3, -0.25) is 9.78 Å². The fourth-order valence-corrected chi connectivity index (χ4v) is 5.15. The van der Waals surface area contributed by atoms with Gasteiger partial charge in [0.05, 0.1) is 16.5 Å². The number of nitrogens with one attached hydrogen (secondary N) is 1. The van der Waals surface area contributed by atoms with E-state index in [2.05, 4.69) is 10.3 Å². The second kappa shape index (κ2) is 9.06. The largest absolute Gasteiger partial charge is 0.465 e. The number of amides is 1. The Kier molecular flexibility index (Phi) is 5.57. The van der Waals surface area contributed by atoms with Crippen molar-refractivity contribution in [1.82, 2.24) is 10.3 Å². The first kappa shape index (κ1) is 22.7. The molecule has 1 fully saturated rings. The van der Waals surface area contributed by atoms with Gasteiger partial charge in [-0.25, -0.2) is 4.79 Å². The SMILES string of the molecule is O=C(O)NC1(c2ccc(-c3c(-c4ccccc4)oc4c(-c5ccccc5)nccc4c3=O)cc2)CCC1. The van der Waals surface area contributed by atoms with Crippen LogP contribution < -0.4 is 10.7 Å². The average molecular weight is 489 g/mol. The van der Waals surface area contributed by atoms with Crippen LogP contribution in [0.5, 0.6) is 0 Å². The Labute approximate surface area is 213 Å². The number of hydrogen-bond acceptors (Lipinski definition) is 4. The number of benzene rings is 3. The summed E-state index contributed by atoms with van der Waals surface area (Å²) in [6.45, 7) is 0.